The third-order valence-electron chi connectivity index (χ3n) is 3.58. The van der Waals surface area contributed by atoms with Gasteiger partial charge in [0.05, 0.1) is 23.6 Å². The normalized spacial score (nSPS) is 11.7. The quantitative estimate of drug-likeness (QED) is 0.277. The number of methoxy groups -OCH3 is 1. The predicted octanol–water partition coefficient (Wildman–Crippen LogP) is 3.32. The van der Waals surface area contributed by atoms with E-state index in [1.165, 1.54) is 24.9 Å². The van der Waals surface area contributed by atoms with E-state index in [-0.39, 0.29) is 11.5 Å². The Morgan fingerprint density at radius 1 is 1.32 bits per heavy atom. The van der Waals surface area contributed by atoms with Crippen molar-refractivity contribution in [3.63, 3.8) is 0 Å². The van der Waals surface area contributed by atoms with Crippen LogP contribution in [0.15, 0.2) is 40.3 Å². The summed E-state index contributed by atoms with van der Waals surface area (Å²) in [6, 6.07) is 7.99. The molecule has 7 nitrogen and oxygen atoms in total. The first-order valence-electron chi connectivity index (χ1n) is 8.76. The van der Waals surface area contributed by atoms with Crippen LogP contribution < -0.4 is 10.9 Å². The average Bonchev–Trinajstić information content (AvgIpc) is 2.67. The van der Waals surface area contributed by atoms with Crippen molar-refractivity contribution >= 4 is 41.1 Å². The third-order valence-corrected chi connectivity index (χ3v) is 5.76. The molecular weight excluding hydrogens is 398 g/mol. The lowest BCUT2D eigenvalue weighted by Crippen LogP contribution is -2.23. The molecule has 2 N–H and O–H groups in total. The van der Waals surface area contributed by atoms with Crippen molar-refractivity contribution in [3.8, 4) is 0 Å². The number of hydrogen-bond acceptors (Lipinski definition) is 7. The standard InChI is InChI=1S/C19H23N3O4S2/c1-4-8-27-11-15-10-16(23)22-19(21-15)28-12(2)17(24)20-14-7-5-6-13(9-14)18(25)26-3/h5-7,9-10,12H,4,8,11H2,1-3H3,(H,20,24)(H,21,22,23). The van der Waals surface area contributed by atoms with Gasteiger partial charge in [-0.3, -0.25) is 9.59 Å². The minimum atomic E-state index is -0.497. The molecule has 2 rings (SSSR count). The molecule has 0 aliphatic rings. The van der Waals surface area contributed by atoms with Crippen LogP contribution in [0.25, 0.3) is 0 Å². The van der Waals surface area contributed by atoms with Crippen LogP contribution in [-0.2, 0) is 15.3 Å². The number of anilines is 1. The molecule has 1 amide bonds. The van der Waals surface area contributed by atoms with E-state index in [2.05, 4.69) is 26.9 Å². The summed E-state index contributed by atoms with van der Waals surface area (Å²) in [6.45, 7) is 3.82. The van der Waals surface area contributed by atoms with Gasteiger partial charge < -0.3 is 15.0 Å². The van der Waals surface area contributed by atoms with Gasteiger partial charge in [0.25, 0.3) is 5.56 Å². The zero-order chi connectivity index (χ0) is 20.5. The highest BCUT2D eigenvalue weighted by molar-refractivity contribution is 8.00. The second-order valence-electron chi connectivity index (χ2n) is 5.92. The van der Waals surface area contributed by atoms with Crippen molar-refractivity contribution in [2.24, 2.45) is 0 Å². The number of rotatable bonds is 9. The lowest BCUT2D eigenvalue weighted by Gasteiger charge is -2.12. The number of ether oxygens (including phenoxy) is 1. The van der Waals surface area contributed by atoms with Crippen LogP contribution in [0, 0.1) is 0 Å². The molecule has 150 valence electrons. The monoisotopic (exact) mass is 421 g/mol. The summed E-state index contributed by atoms with van der Waals surface area (Å²) in [4.78, 5) is 43.0. The first-order valence-corrected chi connectivity index (χ1v) is 10.8. The second-order valence-corrected chi connectivity index (χ2v) is 8.35. The number of thioether (sulfide) groups is 2. The molecule has 1 unspecified atom stereocenters. The Hall–Kier alpha value is -2.26. The van der Waals surface area contributed by atoms with Crippen LogP contribution in [0.2, 0.25) is 0 Å². The number of carbonyl (C=O) groups is 2. The maximum Gasteiger partial charge on any atom is 0.337 e. The molecule has 2 aromatic rings. The summed E-state index contributed by atoms with van der Waals surface area (Å²) in [7, 11) is 1.30. The Labute approximate surface area is 172 Å². The van der Waals surface area contributed by atoms with Crippen LogP contribution in [0.4, 0.5) is 5.69 Å². The molecule has 0 aliphatic heterocycles. The van der Waals surface area contributed by atoms with Gasteiger partial charge >= 0.3 is 5.97 Å². The molecule has 0 radical (unpaired) electrons. The molecule has 0 fully saturated rings. The van der Waals surface area contributed by atoms with Gasteiger partial charge in [0.1, 0.15) is 0 Å². The van der Waals surface area contributed by atoms with Gasteiger partial charge in [0.15, 0.2) is 5.16 Å². The molecule has 0 aliphatic carbocycles. The topological polar surface area (TPSA) is 101 Å². The van der Waals surface area contributed by atoms with Crippen LogP contribution in [0.1, 0.15) is 36.3 Å². The van der Waals surface area contributed by atoms with Crippen molar-refractivity contribution in [2.75, 3.05) is 18.2 Å². The lowest BCUT2D eigenvalue weighted by molar-refractivity contribution is -0.115. The molecule has 1 aromatic carbocycles. The van der Waals surface area contributed by atoms with E-state index in [0.29, 0.717) is 27.9 Å². The molecule has 0 saturated heterocycles. The molecular formula is C19H23N3O4S2. The largest absolute Gasteiger partial charge is 0.465 e. The van der Waals surface area contributed by atoms with Gasteiger partial charge in [-0.25, -0.2) is 9.78 Å². The number of benzene rings is 1. The minimum absolute atomic E-state index is 0.233. The maximum absolute atomic E-state index is 12.5. The zero-order valence-corrected chi connectivity index (χ0v) is 17.6. The van der Waals surface area contributed by atoms with Gasteiger partial charge in [-0.05, 0) is 37.3 Å². The highest BCUT2D eigenvalue weighted by Gasteiger charge is 2.17. The summed E-state index contributed by atoms with van der Waals surface area (Å²) in [5.74, 6) is 0.922. The van der Waals surface area contributed by atoms with E-state index in [0.717, 1.165) is 12.2 Å². The van der Waals surface area contributed by atoms with E-state index in [1.54, 1.807) is 43.0 Å². The number of carbonyl (C=O) groups excluding carboxylic acids is 2. The van der Waals surface area contributed by atoms with E-state index in [1.807, 2.05) is 0 Å². The molecule has 1 atom stereocenters. The first kappa shape index (κ1) is 22.0. The number of H-pyrrole nitrogens is 1. The Balaban J connectivity index is 2.02. The Morgan fingerprint density at radius 3 is 2.82 bits per heavy atom. The van der Waals surface area contributed by atoms with Crippen LogP contribution in [0.5, 0.6) is 0 Å². The molecule has 0 saturated carbocycles. The fourth-order valence-corrected chi connectivity index (χ4v) is 3.86. The van der Waals surface area contributed by atoms with Crippen molar-refractivity contribution in [1.82, 2.24) is 9.97 Å². The number of hydrogen-bond donors (Lipinski definition) is 2. The Kier molecular flexibility index (Phi) is 8.59. The van der Waals surface area contributed by atoms with E-state index in [9.17, 15) is 14.4 Å². The maximum atomic E-state index is 12.5. The Morgan fingerprint density at radius 2 is 2.11 bits per heavy atom. The average molecular weight is 422 g/mol. The SMILES string of the molecule is CCCSCc1cc(=O)[nH]c(SC(C)C(=O)Nc2cccc(C(=O)OC)c2)n1. The fraction of sp³-hybridized carbons (Fsp3) is 0.368. The minimum Gasteiger partial charge on any atom is -0.465 e. The third kappa shape index (κ3) is 6.72. The summed E-state index contributed by atoms with van der Waals surface area (Å²) < 4.78 is 4.68. The van der Waals surface area contributed by atoms with Crippen molar-refractivity contribution in [3.05, 3.63) is 51.9 Å². The number of nitrogens with one attached hydrogen (secondary N) is 2. The zero-order valence-electron chi connectivity index (χ0n) is 16.0. The van der Waals surface area contributed by atoms with E-state index in [4.69, 9.17) is 0 Å². The van der Waals surface area contributed by atoms with Crippen LogP contribution in [0.3, 0.4) is 0 Å². The Bertz CT molecular complexity index is 885. The summed E-state index contributed by atoms with van der Waals surface area (Å²) in [5, 5.41) is 2.67. The summed E-state index contributed by atoms with van der Waals surface area (Å²) >= 11 is 2.89. The second kappa shape index (κ2) is 10.9. The number of amides is 1. The summed E-state index contributed by atoms with van der Waals surface area (Å²) in [6.07, 6.45) is 1.06. The number of nitrogens with zero attached hydrogens (tertiary/aromatic N) is 1. The van der Waals surface area contributed by atoms with Crippen LogP contribution >= 0.6 is 23.5 Å². The molecule has 0 spiro atoms. The van der Waals surface area contributed by atoms with Crippen LogP contribution in [-0.4, -0.2) is 40.0 Å². The smallest absolute Gasteiger partial charge is 0.337 e. The fourth-order valence-electron chi connectivity index (χ4n) is 2.24. The molecule has 0 bridgehead atoms. The molecule has 1 heterocycles. The summed E-state index contributed by atoms with van der Waals surface area (Å²) in [5.41, 5.74) is 1.31. The van der Waals surface area contributed by atoms with E-state index >= 15 is 0 Å². The van der Waals surface area contributed by atoms with Crippen molar-refractivity contribution in [1.29, 1.82) is 0 Å². The molecule has 9 heteroatoms. The first-order chi connectivity index (χ1) is 13.4. The lowest BCUT2D eigenvalue weighted by atomic mass is 10.2. The number of aromatic nitrogens is 2. The number of esters is 1. The molecule has 1 aromatic heterocycles. The van der Waals surface area contributed by atoms with Crippen molar-refractivity contribution in [2.45, 2.75) is 36.4 Å². The molecule has 28 heavy (non-hydrogen) atoms. The highest BCUT2D eigenvalue weighted by atomic mass is 32.2. The van der Waals surface area contributed by atoms with Crippen molar-refractivity contribution < 1.29 is 14.3 Å². The number of aromatic amines is 1. The van der Waals surface area contributed by atoms with E-state index < -0.39 is 11.2 Å². The van der Waals surface area contributed by atoms with Gasteiger partial charge in [-0.1, -0.05) is 24.8 Å². The van der Waals surface area contributed by atoms with Gasteiger partial charge in [-0.15, -0.1) is 0 Å². The predicted molar refractivity (Wildman–Crippen MR) is 113 cm³/mol. The van der Waals surface area contributed by atoms with Gasteiger partial charge in [0.2, 0.25) is 5.91 Å². The highest BCUT2D eigenvalue weighted by Crippen LogP contribution is 2.21. The van der Waals surface area contributed by atoms with Gasteiger partial charge in [0, 0.05) is 17.5 Å². The van der Waals surface area contributed by atoms with Gasteiger partial charge in [-0.2, -0.15) is 11.8 Å².